The third-order valence-electron chi connectivity index (χ3n) is 4.22. The first kappa shape index (κ1) is 17.4. The zero-order valence-corrected chi connectivity index (χ0v) is 13.6. The summed E-state index contributed by atoms with van der Waals surface area (Å²) >= 11 is 0. The van der Waals surface area contributed by atoms with Crippen LogP contribution in [0.25, 0.3) is 0 Å². The van der Waals surface area contributed by atoms with E-state index in [1.165, 1.54) is 5.56 Å². The molecule has 1 saturated heterocycles. The van der Waals surface area contributed by atoms with E-state index in [-0.39, 0.29) is 19.0 Å². The summed E-state index contributed by atoms with van der Waals surface area (Å²) in [4.78, 5) is 26.8. The number of benzene rings is 1. The molecule has 1 unspecified atom stereocenters. The van der Waals surface area contributed by atoms with E-state index < -0.39 is 5.97 Å². The molecule has 1 heterocycles. The molecule has 23 heavy (non-hydrogen) atoms. The minimum absolute atomic E-state index is 0.225. The van der Waals surface area contributed by atoms with E-state index >= 15 is 0 Å². The molecule has 1 atom stereocenters. The van der Waals surface area contributed by atoms with Gasteiger partial charge in [-0.15, -0.1) is 0 Å². The summed E-state index contributed by atoms with van der Waals surface area (Å²) in [6, 6.07) is 10.9. The standard InChI is InChI=1S/C17H25N3O3/c1-14-7-8-19(13-16(21)18-11-17(22)23)9-10-20(14)12-15-5-3-2-4-6-15/h2-6,14H,7-13H2,1H3,(H,18,21)(H,22,23). The first-order chi connectivity index (χ1) is 11.0. The zero-order chi connectivity index (χ0) is 16.7. The fourth-order valence-electron chi connectivity index (χ4n) is 2.80. The minimum Gasteiger partial charge on any atom is -0.480 e. The van der Waals surface area contributed by atoms with E-state index in [0.29, 0.717) is 6.04 Å². The molecule has 1 aliphatic heterocycles. The van der Waals surface area contributed by atoms with Crippen molar-refractivity contribution in [2.75, 3.05) is 32.7 Å². The topological polar surface area (TPSA) is 72.9 Å². The van der Waals surface area contributed by atoms with Crippen LogP contribution in [0.5, 0.6) is 0 Å². The molecule has 1 amide bonds. The predicted molar refractivity (Wildman–Crippen MR) is 88.0 cm³/mol. The van der Waals surface area contributed by atoms with Crippen LogP contribution >= 0.6 is 0 Å². The molecule has 2 rings (SSSR count). The second-order valence-corrected chi connectivity index (χ2v) is 6.04. The highest BCUT2D eigenvalue weighted by molar-refractivity contribution is 5.82. The Labute approximate surface area is 137 Å². The van der Waals surface area contributed by atoms with Gasteiger partial charge in [0.1, 0.15) is 6.54 Å². The van der Waals surface area contributed by atoms with Crippen molar-refractivity contribution in [1.29, 1.82) is 0 Å². The molecule has 0 bridgehead atoms. The van der Waals surface area contributed by atoms with Crippen LogP contribution in [0, 0.1) is 0 Å². The molecule has 1 fully saturated rings. The lowest BCUT2D eigenvalue weighted by molar-refractivity contribution is -0.138. The van der Waals surface area contributed by atoms with Crippen molar-refractivity contribution in [1.82, 2.24) is 15.1 Å². The number of carboxylic acids is 1. The van der Waals surface area contributed by atoms with Gasteiger partial charge in [-0.25, -0.2) is 0 Å². The zero-order valence-electron chi connectivity index (χ0n) is 13.6. The maximum atomic E-state index is 11.8. The summed E-state index contributed by atoms with van der Waals surface area (Å²) in [6.07, 6.45) is 0.999. The molecule has 0 spiro atoms. The van der Waals surface area contributed by atoms with Crippen molar-refractivity contribution >= 4 is 11.9 Å². The Kier molecular flexibility index (Phi) is 6.55. The number of carbonyl (C=O) groups excluding carboxylic acids is 1. The van der Waals surface area contributed by atoms with Gasteiger partial charge in [-0.3, -0.25) is 19.4 Å². The lowest BCUT2D eigenvalue weighted by Crippen LogP contribution is -2.40. The van der Waals surface area contributed by atoms with Gasteiger partial charge in [0.15, 0.2) is 0 Å². The largest absolute Gasteiger partial charge is 0.480 e. The maximum absolute atomic E-state index is 11.8. The van der Waals surface area contributed by atoms with E-state index in [2.05, 4.69) is 46.3 Å². The molecule has 0 aromatic heterocycles. The molecule has 6 heteroatoms. The number of aliphatic carboxylic acids is 1. The van der Waals surface area contributed by atoms with Gasteiger partial charge in [0, 0.05) is 32.2 Å². The van der Waals surface area contributed by atoms with Crippen LogP contribution in [0.3, 0.4) is 0 Å². The highest BCUT2D eigenvalue weighted by atomic mass is 16.4. The van der Waals surface area contributed by atoms with Crippen LogP contribution in [-0.4, -0.2) is 65.5 Å². The van der Waals surface area contributed by atoms with Gasteiger partial charge >= 0.3 is 5.97 Å². The Morgan fingerprint density at radius 2 is 1.96 bits per heavy atom. The number of hydrogen-bond acceptors (Lipinski definition) is 4. The highest BCUT2D eigenvalue weighted by Crippen LogP contribution is 2.14. The van der Waals surface area contributed by atoms with Gasteiger partial charge in [-0.1, -0.05) is 30.3 Å². The number of nitrogens with zero attached hydrogens (tertiary/aromatic N) is 2. The summed E-state index contributed by atoms with van der Waals surface area (Å²) in [6.45, 7) is 5.66. The molecule has 1 aromatic carbocycles. The van der Waals surface area contributed by atoms with Crippen LogP contribution in [-0.2, 0) is 16.1 Å². The second-order valence-electron chi connectivity index (χ2n) is 6.04. The van der Waals surface area contributed by atoms with Gasteiger partial charge in [-0.05, 0) is 18.9 Å². The van der Waals surface area contributed by atoms with Crippen LogP contribution in [0.4, 0.5) is 0 Å². The molecule has 1 aliphatic rings. The Bertz CT molecular complexity index is 521. The molecule has 0 aliphatic carbocycles. The Hall–Kier alpha value is -1.92. The average Bonchev–Trinajstić information content (AvgIpc) is 2.70. The van der Waals surface area contributed by atoms with Crippen molar-refractivity contribution in [3.05, 3.63) is 35.9 Å². The summed E-state index contributed by atoms with van der Waals surface area (Å²) in [5.74, 6) is -1.24. The van der Waals surface area contributed by atoms with Crippen molar-refractivity contribution < 1.29 is 14.7 Å². The van der Waals surface area contributed by atoms with E-state index in [1.54, 1.807) is 0 Å². The fourth-order valence-corrected chi connectivity index (χ4v) is 2.80. The van der Waals surface area contributed by atoms with Gasteiger partial charge in [0.2, 0.25) is 5.91 Å². The Morgan fingerprint density at radius 1 is 1.22 bits per heavy atom. The predicted octanol–water partition coefficient (Wildman–Crippen LogP) is 0.784. The maximum Gasteiger partial charge on any atom is 0.322 e. The van der Waals surface area contributed by atoms with E-state index in [4.69, 9.17) is 5.11 Å². The number of carboxylic acid groups (broad SMARTS) is 1. The van der Waals surface area contributed by atoms with Crippen LogP contribution in [0.15, 0.2) is 30.3 Å². The van der Waals surface area contributed by atoms with Crippen molar-refractivity contribution in [3.63, 3.8) is 0 Å². The number of carbonyl (C=O) groups is 2. The number of amides is 1. The van der Waals surface area contributed by atoms with Gasteiger partial charge in [0.25, 0.3) is 0 Å². The third-order valence-corrected chi connectivity index (χ3v) is 4.22. The molecule has 126 valence electrons. The fraction of sp³-hybridized carbons (Fsp3) is 0.529. The van der Waals surface area contributed by atoms with E-state index in [1.807, 2.05) is 6.07 Å². The van der Waals surface area contributed by atoms with Crippen LogP contribution < -0.4 is 5.32 Å². The van der Waals surface area contributed by atoms with E-state index in [9.17, 15) is 9.59 Å². The van der Waals surface area contributed by atoms with Crippen molar-refractivity contribution in [2.45, 2.75) is 25.9 Å². The molecule has 0 saturated carbocycles. The van der Waals surface area contributed by atoms with Crippen molar-refractivity contribution in [2.24, 2.45) is 0 Å². The van der Waals surface area contributed by atoms with Crippen molar-refractivity contribution in [3.8, 4) is 0 Å². The Balaban J connectivity index is 1.83. The summed E-state index contributed by atoms with van der Waals surface area (Å²) in [5.41, 5.74) is 1.30. The monoisotopic (exact) mass is 319 g/mol. The lowest BCUT2D eigenvalue weighted by Gasteiger charge is -2.26. The summed E-state index contributed by atoms with van der Waals surface area (Å²) in [7, 11) is 0. The van der Waals surface area contributed by atoms with Gasteiger partial charge < -0.3 is 10.4 Å². The first-order valence-electron chi connectivity index (χ1n) is 8.03. The van der Waals surface area contributed by atoms with Gasteiger partial charge in [0.05, 0.1) is 6.54 Å². The molecular formula is C17H25N3O3. The normalized spacial score (nSPS) is 20.0. The van der Waals surface area contributed by atoms with E-state index in [0.717, 1.165) is 32.6 Å². The SMILES string of the molecule is CC1CCN(CC(=O)NCC(=O)O)CCN1Cc1ccccc1. The number of nitrogens with one attached hydrogen (secondary N) is 1. The quantitative estimate of drug-likeness (QED) is 0.811. The smallest absolute Gasteiger partial charge is 0.322 e. The number of hydrogen-bond donors (Lipinski definition) is 2. The summed E-state index contributed by atoms with van der Waals surface area (Å²) < 4.78 is 0. The first-order valence-corrected chi connectivity index (χ1v) is 8.03. The molecule has 0 radical (unpaired) electrons. The third kappa shape index (κ3) is 6.00. The Morgan fingerprint density at radius 3 is 2.65 bits per heavy atom. The molecule has 2 N–H and O–H groups in total. The lowest BCUT2D eigenvalue weighted by atomic mass is 10.1. The minimum atomic E-state index is -1.02. The molecular weight excluding hydrogens is 294 g/mol. The van der Waals surface area contributed by atoms with Crippen LogP contribution in [0.1, 0.15) is 18.9 Å². The van der Waals surface area contributed by atoms with Gasteiger partial charge in [-0.2, -0.15) is 0 Å². The average molecular weight is 319 g/mol. The number of rotatable bonds is 6. The molecule has 6 nitrogen and oxygen atoms in total. The second kappa shape index (κ2) is 8.64. The summed E-state index contributed by atoms with van der Waals surface area (Å²) in [5, 5.41) is 11.0. The molecule has 1 aromatic rings. The highest BCUT2D eigenvalue weighted by Gasteiger charge is 2.22. The van der Waals surface area contributed by atoms with Crippen LogP contribution in [0.2, 0.25) is 0 Å².